The van der Waals surface area contributed by atoms with Crippen molar-refractivity contribution < 1.29 is 5.11 Å². The van der Waals surface area contributed by atoms with Crippen LogP contribution in [0.15, 0.2) is 36.4 Å². The third-order valence-electron chi connectivity index (χ3n) is 2.94. The van der Waals surface area contributed by atoms with Crippen LogP contribution in [-0.4, -0.2) is 12.2 Å². The molecular weight excluding hydrogens is 174 g/mol. The highest BCUT2D eigenvalue weighted by Gasteiger charge is 2.26. The first-order valence-electron chi connectivity index (χ1n) is 4.71. The molecule has 1 heterocycles. The number of nitrogens with zero attached hydrogens (tertiary/aromatic N) is 1. The lowest BCUT2D eigenvalue weighted by atomic mass is 10.1. The van der Waals surface area contributed by atoms with Crippen molar-refractivity contribution >= 4 is 16.5 Å². The van der Waals surface area contributed by atoms with E-state index in [0.717, 1.165) is 11.3 Å². The molecule has 2 aromatic carbocycles. The van der Waals surface area contributed by atoms with Crippen LogP contribution in [0.25, 0.3) is 10.8 Å². The minimum atomic E-state index is -0.490. The first-order valence-corrected chi connectivity index (χ1v) is 4.71. The number of anilines is 1. The van der Waals surface area contributed by atoms with E-state index in [4.69, 9.17) is 0 Å². The van der Waals surface area contributed by atoms with Crippen LogP contribution in [0.2, 0.25) is 0 Å². The van der Waals surface area contributed by atoms with E-state index in [1.807, 2.05) is 36.2 Å². The Kier molecular flexibility index (Phi) is 1.39. The summed E-state index contributed by atoms with van der Waals surface area (Å²) in [5.74, 6) is 0. The summed E-state index contributed by atoms with van der Waals surface area (Å²) in [6.07, 6.45) is -0.490. The van der Waals surface area contributed by atoms with Crippen LogP contribution < -0.4 is 4.90 Å². The molecule has 0 saturated heterocycles. The van der Waals surface area contributed by atoms with E-state index >= 15 is 0 Å². The molecule has 0 aliphatic carbocycles. The molecule has 3 rings (SSSR count). The van der Waals surface area contributed by atoms with Gasteiger partial charge in [-0.2, -0.15) is 0 Å². The van der Waals surface area contributed by atoms with Gasteiger partial charge in [0, 0.05) is 23.7 Å². The van der Waals surface area contributed by atoms with Crippen LogP contribution in [-0.2, 0) is 0 Å². The quantitative estimate of drug-likeness (QED) is 0.680. The fourth-order valence-corrected chi connectivity index (χ4v) is 2.20. The lowest BCUT2D eigenvalue weighted by Gasteiger charge is -2.17. The van der Waals surface area contributed by atoms with Gasteiger partial charge >= 0.3 is 0 Å². The maximum atomic E-state index is 9.96. The van der Waals surface area contributed by atoms with Crippen molar-refractivity contribution in [3.05, 3.63) is 42.0 Å². The normalized spacial score (nSPS) is 19.3. The Balaban J connectivity index is 2.49. The van der Waals surface area contributed by atoms with Gasteiger partial charge in [-0.25, -0.2) is 0 Å². The van der Waals surface area contributed by atoms with Crippen molar-refractivity contribution in [2.75, 3.05) is 11.9 Å². The van der Waals surface area contributed by atoms with E-state index in [0.29, 0.717) is 0 Å². The van der Waals surface area contributed by atoms with Crippen LogP contribution in [0.1, 0.15) is 11.8 Å². The summed E-state index contributed by atoms with van der Waals surface area (Å²) in [4.78, 5) is 1.90. The molecule has 1 aliphatic heterocycles. The highest BCUT2D eigenvalue weighted by Crippen LogP contribution is 2.41. The topological polar surface area (TPSA) is 23.5 Å². The third-order valence-corrected chi connectivity index (χ3v) is 2.94. The number of aliphatic hydroxyl groups excluding tert-OH is 1. The molecule has 2 nitrogen and oxygen atoms in total. The lowest BCUT2D eigenvalue weighted by molar-refractivity contribution is 0.184. The molecule has 0 spiro atoms. The summed E-state index contributed by atoms with van der Waals surface area (Å²) in [5, 5.41) is 12.3. The van der Waals surface area contributed by atoms with E-state index < -0.39 is 6.23 Å². The Bertz CT molecular complexity index is 464. The fourth-order valence-electron chi connectivity index (χ4n) is 2.20. The summed E-state index contributed by atoms with van der Waals surface area (Å²) in [5.41, 5.74) is 2.13. The highest BCUT2D eigenvalue weighted by atomic mass is 16.3. The van der Waals surface area contributed by atoms with Gasteiger partial charge < -0.3 is 10.0 Å². The molecule has 1 N–H and O–H groups in total. The van der Waals surface area contributed by atoms with Crippen LogP contribution in [0.4, 0.5) is 5.69 Å². The zero-order valence-electron chi connectivity index (χ0n) is 7.94. The van der Waals surface area contributed by atoms with Gasteiger partial charge in [-0.1, -0.05) is 30.3 Å². The molecule has 70 valence electrons. The Labute approximate surface area is 82.4 Å². The highest BCUT2D eigenvalue weighted by molar-refractivity contribution is 6.00. The zero-order valence-corrected chi connectivity index (χ0v) is 7.94. The monoisotopic (exact) mass is 185 g/mol. The zero-order chi connectivity index (χ0) is 9.71. The van der Waals surface area contributed by atoms with Gasteiger partial charge in [0.2, 0.25) is 0 Å². The van der Waals surface area contributed by atoms with Crippen LogP contribution in [0, 0.1) is 0 Å². The van der Waals surface area contributed by atoms with Gasteiger partial charge in [0.05, 0.1) is 0 Å². The maximum Gasteiger partial charge on any atom is 0.153 e. The van der Waals surface area contributed by atoms with E-state index in [-0.39, 0.29) is 0 Å². The molecule has 1 unspecified atom stereocenters. The van der Waals surface area contributed by atoms with Crippen molar-refractivity contribution in [3.63, 3.8) is 0 Å². The van der Waals surface area contributed by atoms with Crippen LogP contribution >= 0.6 is 0 Å². The van der Waals surface area contributed by atoms with Gasteiger partial charge in [0.1, 0.15) is 0 Å². The average molecular weight is 185 g/mol. The third kappa shape index (κ3) is 0.788. The molecule has 2 heteroatoms. The standard InChI is InChI=1S/C12H11NO/c1-13-10-7-3-5-8-4-2-6-9(11(8)10)12(13)14/h2-7,12,14H,1H3. The second-order valence-corrected chi connectivity index (χ2v) is 3.71. The SMILES string of the molecule is CN1c2cccc3cccc(c23)C1O. The molecule has 0 saturated carbocycles. The Hall–Kier alpha value is -1.54. The molecule has 0 radical (unpaired) electrons. The van der Waals surface area contributed by atoms with Crippen molar-refractivity contribution in [2.45, 2.75) is 6.23 Å². The van der Waals surface area contributed by atoms with Crippen molar-refractivity contribution in [1.29, 1.82) is 0 Å². The predicted octanol–water partition coefficient (Wildman–Crippen LogP) is 2.28. The number of benzene rings is 2. The molecule has 0 aromatic heterocycles. The van der Waals surface area contributed by atoms with E-state index in [9.17, 15) is 5.11 Å². The minimum absolute atomic E-state index is 0.490. The molecule has 0 amide bonds. The Morgan fingerprint density at radius 2 is 1.86 bits per heavy atom. The van der Waals surface area contributed by atoms with E-state index in [2.05, 4.69) is 12.1 Å². The maximum absolute atomic E-state index is 9.96. The Morgan fingerprint density at radius 1 is 1.14 bits per heavy atom. The number of hydrogen-bond donors (Lipinski definition) is 1. The molecule has 0 fully saturated rings. The van der Waals surface area contributed by atoms with Gasteiger partial charge in [-0.05, 0) is 11.5 Å². The summed E-state index contributed by atoms with van der Waals surface area (Å²) in [6.45, 7) is 0. The average Bonchev–Trinajstić information content (AvgIpc) is 2.47. The van der Waals surface area contributed by atoms with Gasteiger partial charge in [-0.3, -0.25) is 0 Å². The number of aliphatic hydroxyl groups is 1. The second kappa shape index (κ2) is 2.49. The smallest absolute Gasteiger partial charge is 0.153 e. The van der Waals surface area contributed by atoms with Gasteiger partial charge in [-0.15, -0.1) is 0 Å². The van der Waals surface area contributed by atoms with Crippen molar-refractivity contribution in [3.8, 4) is 0 Å². The minimum Gasteiger partial charge on any atom is -0.369 e. The first-order chi connectivity index (χ1) is 6.79. The summed E-state index contributed by atoms with van der Waals surface area (Å²) in [6, 6.07) is 12.2. The summed E-state index contributed by atoms with van der Waals surface area (Å²) < 4.78 is 0. The summed E-state index contributed by atoms with van der Waals surface area (Å²) >= 11 is 0. The second-order valence-electron chi connectivity index (χ2n) is 3.71. The van der Waals surface area contributed by atoms with Crippen LogP contribution in [0.5, 0.6) is 0 Å². The molecule has 1 atom stereocenters. The Morgan fingerprint density at radius 3 is 2.64 bits per heavy atom. The van der Waals surface area contributed by atoms with Gasteiger partial charge in [0.25, 0.3) is 0 Å². The fraction of sp³-hybridized carbons (Fsp3) is 0.167. The van der Waals surface area contributed by atoms with Gasteiger partial charge in [0.15, 0.2) is 6.23 Å². The molecule has 0 bridgehead atoms. The molecular formula is C12H11NO. The molecule has 1 aliphatic rings. The lowest BCUT2D eigenvalue weighted by Crippen LogP contribution is -2.18. The molecule has 2 aromatic rings. The number of rotatable bonds is 0. The van der Waals surface area contributed by atoms with E-state index in [1.54, 1.807) is 0 Å². The molecule has 14 heavy (non-hydrogen) atoms. The van der Waals surface area contributed by atoms with Crippen molar-refractivity contribution in [1.82, 2.24) is 0 Å². The van der Waals surface area contributed by atoms with Crippen LogP contribution in [0.3, 0.4) is 0 Å². The summed E-state index contributed by atoms with van der Waals surface area (Å²) in [7, 11) is 1.92. The van der Waals surface area contributed by atoms with E-state index in [1.165, 1.54) is 10.8 Å². The van der Waals surface area contributed by atoms with Crippen molar-refractivity contribution in [2.24, 2.45) is 0 Å². The first kappa shape index (κ1) is 7.83. The predicted molar refractivity (Wildman–Crippen MR) is 57.3 cm³/mol. The largest absolute Gasteiger partial charge is 0.369 e. The number of hydrogen-bond acceptors (Lipinski definition) is 2.